The van der Waals surface area contributed by atoms with Gasteiger partial charge in [-0.05, 0) is 60.6 Å². The quantitative estimate of drug-likeness (QED) is 0.469. The Labute approximate surface area is 179 Å². The van der Waals surface area contributed by atoms with Crippen LogP contribution in [0.1, 0.15) is 78.4 Å². The molecule has 0 atom stereocenters. The third kappa shape index (κ3) is 5.21. The minimum atomic E-state index is -0.517. The highest BCUT2D eigenvalue weighted by molar-refractivity contribution is 6.02. The molecule has 0 amide bonds. The van der Waals surface area contributed by atoms with Gasteiger partial charge in [0.2, 0.25) is 0 Å². The molecule has 2 aromatic carbocycles. The Hall–Kier alpha value is -2.82. The lowest BCUT2D eigenvalue weighted by molar-refractivity contribution is 0.0521. The number of anilines is 1. The van der Waals surface area contributed by atoms with Crippen LogP contribution in [0.4, 0.5) is 5.69 Å². The smallest absolute Gasteiger partial charge is 0.344 e. The van der Waals surface area contributed by atoms with E-state index < -0.39 is 11.9 Å². The van der Waals surface area contributed by atoms with E-state index in [9.17, 15) is 9.59 Å². The molecule has 0 unspecified atom stereocenters. The van der Waals surface area contributed by atoms with Crippen LogP contribution in [-0.4, -0.2) is 25.6 Å². The van der Waals surface area contributed by atoms with E-state index in [1.54, 1.807) is 26.1 Å². The first-order valence-electron chi connectivity index (χ1n) is 10.5. The van der Waals surface area contributed by atoms with Gasteiger partial charge >= 0.3 is 11.9 Å². The molecule has 0 spiro atoms. The molecule has 2 aromatic rings. The lowest BCUT2D eigenvalue weighted by Gasteiger charge is -2.27. The number of nitrogens with one attached hydrogen (secondary N) is 1. The van der Waals surface area contributed by atoms with E-state index in [4.69, 9.17) is 9.47 Å². The highest BCUT2D eigenvalue weighted by atomic mass is 16.5. The Balaban J connectivity index is 2.55. The van der Waals surface area contributed by atoms with Gasteiger partial charge in [-0.1, -0.05) is 46.2 Å². The molecule has 0 aliphatic rings. The topological polar surface area (TPSA) is 64.6 Å². The standard InChI is InChI=1S/C25H33NO4/c1-8-10-17-11-13-18(14-12-17)23(27)30-22-16(3)15-19(25(4,5)6)21(26-7)20(22)24(28)29-9-2/h11-15,26H,8-10H2,1-7H3. The van der Waals surface area contributed by atoms with Crippen LogP contribution in [0, 0.1) is 6.92 Å². The minimum Gasteiger partial charge on any atom is -0.462 e. The average molecular weight is 412 g/mol. The minimum absolute atomic E-state index is 0.220. The number of rotatable bonds is 7. The number of esters is 2. The number of hydrogen-bond donors (Lipinski definition) is 1. The number of aryl methyl sites for hydroxylation is 2. The van der Waals surface area contributed by atoms with Crippen LogP contribution in [0.2, 0.25) is 0 Å². The van der Waals surface area contributed by atoms with Crippen molar-refractivity contribution in [3.05, 3.63) is 58.1 Å². The van der Waals surface area contributed by atoms with Crippen LogP contribution in [-0.2, 0) is 16.6 Å². The van der Waals surface area contributed by atoms with Gasteiger partial charge in [-0.2, -0.15) is 0 Å². The van der Waals surface area contributed by atoms with Crippen LogP contribution in [0.5, 0.6) is 5.75 Å². The second kappa shape index (κ2) is 9.79. The molecule has 0 bridgehead atoms. The van der Waals surface area contributed by atoms with E-state index in [0.29, 0.717) is 16.8 Å². The summed E-state index contributed by atoms with van der Waals surface area (Å²) in [5.41, 5.74) is 3.92. The second-order valence-corrected chi connectivity index (χ2v) is 8.38. The Morgan fingerprint density at radius 1 is 1.03 bits per heavy atom. The van der Waals surface area contributed by atoms with Gasteiger partial charge in [0.25, 0.3) is 0 Å². The fraction of sp³-hybridized carbons (Fsp3) is 0.440. The van der Waals surface area contributed by atoms with Crippen LogP contribution in [0.25, 0.3) is 0 Å². The van der Waals surface area contributed by atoms with Crippen molar-refractivity contribution in [3.8, 4) is 5.75 Å². The first-order chi connectivity index (χ1) is 14.1. The van der Waals surface area contributed by atoms with Crippen LogP contribution in [0.3, 0.4) is 0 Å². The number of hydrogen-bond acceptors (Lipinski definition) is 5. The SMILES string of the molecule is CCCc1ccc(C(=O)Oc2c(C)cc(C(C)(C)C)c(NC)c2C(=O)OCC)cc1. The van der Waals surface area contributed by atoms with Gasteiger partial charge in [-0.3, -0.25) is 0 Å². The van der Waals surface area contributed by atoms with Crippen molar-refractivity contribution >= 4 is 17.6 Å². The van der Waals surface area contributed by atoms with Gasteiger partial charge in [-0.25, -0.2) is 9.59 Å². The summed E-state index contributed by atoms with van der Waals surface area (Å²) in [7, 11) is 1.75. The van der Waals surface area contributed by atoms with Crippen LogP contribution < -0.4 is 10.1 Å². The molecule has 0 aromatic heterocycles. The maximum absolute atomic E-state index is 12.9. The number of ether oxygens (including phenoxy) is 2. The Kier molecular flexibility index (Phi) is 7.65. The van der Waals surface area contributed by atoms with Crippen molar-refractivity contribution in [1.82, 2.24) is 0 Å². The zero-order valence-electron chi connectivity index (χ0n) is 19.1. The third-order valence-electron chi connectivity index (χ3n) is 4.93. The summed E-state index contributed by atoms with van der Waals surface area (Å²) in [6.45, 7) is 12.1. The Morgan fingerprint density at radius 2 is 1.67 bits per heavy atom. The first-order valence-corrected chi connectivity index (χ1v) is 10.5. The molecular weight excluding hydrogens is 378 g/mol. The zero-order valence-corrected chi connectivity index (χ0v) is 19.1. The van der Waals surface area contributed by atoms with Gasteiger partial charge in [0.15, 0.2) is 5.75 Å². The molecule has 0 fully saturated rings. The normalized spacial score (nSPS) is 11.2. The Morgan fingerprint density at radius 3 is 2.17 bits per heavy atom. The summed E-state index contributed by atoms with van der Waals surface area (Å²) in [6, 6.07) is 9.34. The molecule has 0 aliphatic carbocycles. The summed E-state index contributed by atoms with van der Waals surface area (Å²) >= 11 is 0. The molecule has 0 heterocycles. The van der Waals surface area contributed by atoms with E-state index >= 15 is 0 Å². The van der Waals surface area contributed by atoms with Crippen molar-refractivity contribution in [2.24, 2.45) is 0 Å². The predicted molar refractivity (Wildman–Crippen MR) is 121 cm³/mol. The summed E-state index contributed by atoms with van der Waals surface area (Å²) in [4.78, 5) is 25.7. The van der Waals surface area contributed by atoms with Crippen LogP contribution in [0.15, 0.2) is 30.3 Å². The fourth-order valence-electron chi connectivity index (χ4n) is 3.43. The Bertz CT molecular complexity index is 908. The van der Waals surface area contributed by atoms with Gasteiger partial charge in [0, 0.05) is 7.05 Å². The molecule has 5 nitrogen and oxygen atoms in total. The molecule has 0 aliphatic heterocycles. The number of benzene rings is 2. The molecule has 1 N–H and O–H groups in total. The lowest BCUT2D eigenvalue weighted by atomic mass is 9.83. The number of carbonyl (C=O) groups excluding carboxylic acids is 2. The molecule has 162 valence electrons. The largest absolute Gasteiger partial charge is 0.462 e. The monoisotopic (exact) mass is 411 g/mol. The molecule has 30 heavy (non-hydrogen) atoms. The van der Waals surface area contributed by atoms with E-state index in [-0.39, 0.29) is 23.3 Å². The highest BCUT2D eigenvalue weighted by Crippen LogP contribution is 2.40. The number of carbonyl (C=O) groups is 2. The summed E-state index contributed by atoms with van der Waals surface area (Å²) in [5.74, 6) is -0.789. The summed E-state index contributed by atoms with van der Waals surface area (Å²) < 4.78 is 11.1. The van der Waals surface area contributed by atoms with E-state index in [2.05, 4.69) is 33.0 Å². The van der Waals surface area contributed by atoms with Gasteiger partial charge in [-0.15, -0.1) is 0 Å². The summed E-state index contributed by atoms with van der Waals surface area (Å²) in [6.07, 6.45) is 2.00. The maximum Gasteiger partial charge on any atom is 0.344 e. The fourth-order valence-corrected chi connectivity index (χ4v) is 3.43. The second-order valence-electron chi connectivity index (χ2n) is 8.38. The summed E-state index contributed by atoms with van der Waals surface area (Å²) in [5, 5.41) is 3.12. The lowest BCUT2D eigenvalue weighted by Crippen LogP contribution is -2.21. The zero-order chi connectivity index (χ0) is 22.5. The van der Waals surface area contributed by atoms with E-state index in [1.165, 1.54) is 5.56 Å². The first kappa shape index (κ1) is 23.5. The van der Waals surface area contributed by atoms with E-state index in [1.807, 2.05) is 25.1 Å². The van der Waals surface area contributed by atoms with Crippen molar-refractivity contribution < 1.29 is 19.1 Å². The molecule has 0 saturated carbocycles. The molecule has 0 saturated heterocycles. The molecule has 2 rings (SSSR count). The average Bonchev–Trinajstić information content (AvgIpc) is 2.69. The van der Waals surface area contributed by atoms with E-state index in [0.717, 1.165) is 18.4 Å². The van der Waals surface area contributed by atoms with Crippen LogP contribution >= 0.6 is 0 Å². The third-order valence-corrected chi connectivity index (χ3v) is 4.93. The van der Waals surface area contributed by atoms with Gasteiger partial charge < -0.3 is 14.8 Å². The molecule has 0 radical (unpaired) electrons. The van der Waals surface area contributed by atoms with Gasteiger partial charge in [0.1, 0.15) is 5.56 Å². The van der Waals surface area contributed by atoms with Gasteiger partial charge in [0.05, 0.1) is 17.9 Å². The van der Waals surface area contributed by atoms with Crippen molar-refractivity contribution in [2.45, 2.75) is 59.8 Å². The van der Waals surface area contributed by atoms with Crippen molar-refractivity contribution in [3.63, 3.8) is 0 Å². The molecular formula is C25H33NO4. The van der Waals surface area contributed by atoms with Crippen molar-refractivity contribution in [2.75, 3.05) is 19.0 Å². The predicted octanol–water partition coefficient (Wildman–Crippen LogP) is 5.68. The van der Waals surface area contributed by atoms with Crippen molar-refractivity contribution in [1.29, 1.82) is 0 Å². The maximum atomic E-state index is 12.9. The highest BCUT2D eigenvalue weighted by Gasteiger charge is 2.29. The molecule has 5 heteroatoms.